The first-order chi connectivity index (χ1) is 7.38. The number of hydrogen-bond donors (Lipinski definition) is 0. The first-order valence-electron chi connectivity index (χ1n) is 5.88. The molecule has 0 spiro atoms. The number of carbonyl (C=O) groups is 1. The van der Waals surface area contributed by atoms with Crippen LogP contribution in [0, 0.1) is 5.92 Å². The molecule has 82 valence electrons. The van der Waals surface area contributed by atoms with Crippen LogP contribution in [-0.2, 0) is 9.53 Å². The zero-order valence-electron chi connectivity index (χ0n) is 9.02. The Hall–Kier alpha value is -1.05. The molecule has 2 rings (SSSR count). The lowest BCUT2D eigenvalue weighted by molar-refractivity contribution is -0.185. The Morgan fingerprint density at radius 1 is 0.933 bits per heavy atom. The summed E-state index contributed by atoms with van der Waals surface area (Å²) in [6.07, 6.45) is 15.3. The van der Waals surface area contributed by atoms with Gasteiger partial charge in [-0.15, -0.1) is 0 Å². The number of hydrogen-bond acceptors (Lipinski definition) is 2. The van der Waals surface area contributed by atoms with Crippen molar-refractivity contribution < 1.29 is 9.53 Å². The zero-order chi connectivity index (χ0) is 10.5. The molecule has 2 atom stereocenters. The molecule has 2 heteroatoms. The standard InChI is InChI=1S/C13H18O2/c14-13-11-9-7-5-3-1-2-4-6-8-10-12(11)15-13/h3-6,11-12H,1-2,7-10H2/b5-3-,6-4-/t11-,12+/m0/s1. The number of ether oxygens (including phenoxy) is 1. The summed E-state index contributed by atoms with van der Waals surface area (Å²) in [6, 6.07) is 0. The maximum atomic E-state index is 11.2. The van der Waals surface area contributed by atoms with Gasteiger partial charge in [0.05, 0.1) is 5.92 Å². The highest BCUT2D eigenvalue weighted by Crippen LogP contribution is 2.30. The molecule has 0 bridgehead atoms. The van der Waals surface area contributed by atoms with Crippen LogP contribution < -0.4 is 0 Å². The molecule has 1 heterocycles. The molecule has 0 aromatic heterocycles. The van der Waals surface area contributed by atoms with Crippen LogP contribution in [0.4, 0.5) is 0 Å². The second-order valence-corrected chi connectivity index (χ2v) is 4.26. The third kappa shape index (κ3) is 2.71. The Balaban J connectivity index is 1.90. The van der Waals surface area contributed by atoms with Gasteiger partial charge in [0.2, 0.25) is 0 Å². The van der Waals surface area contributed by atoms with Gasteiger partial charge < -0.3 is 4.74 Å². The molecule has 1 saturated heterocycles. The molecule has 0 aromatic rings. The average molecular weight is 206 g/mol. The summed E-state index contributed by atoms with van der Waals surface area (Å²) in [6.45, 7) is 0. The van der Waals surface area contributed by atoms with Crippen LogP contribution in [0.15, 0.2) is 24.3 Å². The monoisotopic (exact) mass is 206 g/mol. The molecule has 2 nitrogen and oxygen atoms in total. The van der Waals surface area contributed by atoms with Gasteiger partial charge in [-0.2, -0.15) is 0 Å². The van der Waals surface area contributed by atoms with Crippen LogP contribution in [0.3, 0.4) is 0 Å². The molecule has 0 radical (unpaired) electrons. The van der Waals surface area contributed by atoms with Gasteiger partial charge in [-0.25, -0.2) is 0 Å². The third-order valence-corrected chi connectivity index (χ3v) is 3.11. The lowest BCUT2D eigenvalue weighted by atomic mass is 9.88. The SMILES string of the molecule is O=C1O[C@@H]2CC/C=C\CC/C=C\CC[C@H]12. The highest BCUT2D eigenvalue weighted by Gasteiger charge is 2.40. The number of allylic oxidation sites excluding steroid dienone is 4. The van der Waals surface area contributed by atoms with Crippen LogP contribution in [0.25, 0.3) is 0 Å². The van der Waals surface area contributed by atoms with Gasteiger partial charge >= 0.3 is 5.97 Å². The van der Waals surface area contributed by atoms with Crippen LogP contribution in [0.2, 0.25) is 0 Å². The second kappa shape index (κ2) is 5.15. The molecule has 1 aliphatic heterocycles. The molecule has 0 N–H and O–H groups in total. The molecule has 1 aliphatic carbocycles. The van der Waals surface area contributed by atoms with E-state index in [1.807, 2.05) is 0 Å². The van der Waals surface area contributed by atoms with E-state index in [0.717, 1.165) is 38.5 Å². The van der Waals surface area contributed by atoms with Crippen molar-refractivity contribution in [3.05, 3.63) is 24.3 Å². The fraction of sp³-hybridized carbons (Fsp3) is 0.615. The van der Waals surface area contributed by atoms with Crippen LogP contribution in [0.1, 0.15) is 38.5 Å². The number of rotatable bonds is 0. The summed E-state index contributed by atoms with van der Waals surface area (Å²) in [5, 5.41) is 0. The minimum atomic E-state index is 0.00874. The molecule has 0 saturated carbocycles. The van der Waals surface area contributed by atoms with Crippen molar-refractivity contribution >= 4 is 5.97 Å². The summed E-state index contributed by atoms with van der Waals surface area (Å²) >= 11 is 0. The molecule has 1 fully saturated rings. The van der Waals surface area contributed by atoms with E-state index in [2.05, 4.69) is 24.3 Å². The number of esters is 1. The number of fused-ring (bicyclic) bond motifs is 1. The van der Waals surface area contributed by atoms with E-state index in [1.165, 1.54) is 0 Å². The van der Waals surface area contributed by atoms with Gasteiger partial charge in [0.25, 0.3) is 0 Å². The third-order valence-electron chi connectivity index (χ3n) is 3.11. The van der Waals surface area contributed by atoms with E-state index < -0.39 is 0 Å². The maximum Gasteiger partial charge on any atom is 0.313 e. The Labute approximate surface area is 91.0 Å². The first-order valence-corrected chi connectivity index (χ1v) is 5.88. The van der Waals surface area contributed by atoms with Crippen molar-refractivity contribution in [1.29, 1.82) is 0 Å². The molecule has 0 unspecified atom stereocenters. The molecule has 0 amide bonds. The Bertz CT molecular complexity index is 278. The van der Waals surface area contributed by atoms with E-state index in [4.69, 9.17) is 4.74 Å². The summed E-state index contributed by atoms with van der Waals surface area (Å²) in [4.78, 5) is 11.2. The molecular formula is C13H18O2. The summed E-state index contributed by atoms with van der Waals surface area (Å²) < 4.78 is 5.15. The highest BCUT2D eigenvalue weighted by atomic mass is 16.6. The minimum Gasteiger partial charge on any atom is -0.461 e. The average Bonchev–Trinajstić information content (AvgIpc) is 2.22. The van der Waals surface area contributed by atoms with Crippen molar-refractivity contribution in [1.82, 2.24) is 0 Å². The van der Waals surface area contributed by atoms with Gasteiger partial charge in [0.1, 0.15) is 6.10 Å². The molecule has 2 aliphatic rings. The molecule has 0 aromatic carbocycles. The topological polar surface area (TPSA) is 26.3 Å². The summed E-state index contributed by atoms with van der Waals surface area (Å²) in [5.41, 5.74) is 0. The summed E-state index contributed by atoms with van der Waals surface area (Å²) in [5.74, 6) is 0.178. The van der Waals surface area contributed by atoms with Crippen LogP contribution in [-0.4, -0.2) is 12.1 Å². The predicted molar refractivity (Wildman–Crippen MR) is 59.4 cm³/mol. The minimum absolute atomic E-state index is 0.00874. The Morgan fingerprint density at radius 3 is 2.20 bits per heavy atom. The zero-order valence-corrected chi connectivity index (χ0v) is 9.02. The van der Waals surface area contributed by atoms with Crippen molar-refractivity contribution in [2.45, 2.75) is 44.6 Å². The second-order valence-electron chi connectivity index (χ2n) is 4.26. The number of carbonyl (C=O) groups excluding carboxylic acids is 1. The largest absolute Gasteiger partial charge is 0.461 e. The van der Waals surface area contributed by atoms with E-state index >= 15 is 0 Å². The smallest absolute Gasteiger partial charge is 0.313 e. The van der Waals surface area contributed by atoms with Crippen molar-refractivity contribution in [2.24, 2.45) is 5.92 Å². The fourth-order valence-electron chi connectivity index (χ4n) is 2.16. The van der Waals surface area contributed by atoms with Gasteiger partial charge in [-0.3, -0.25) is 4.79 Å². The Morgan fingerprint density at radius 2 is 1.53 bits per heavy atom. The molecular weight excluding hydrogens is 188 g/mol. The van der Waals surface area contributed by atoms with E-state index in [1.54, 1.807) is 0 Å². The van der Waals surface area contributed by atoms with E-state index in [0.29, 0.717) is 0 Å². The maximum absolute atomic E-state index is 11.2. The quantitative estimate of drug-likeness (QED) is 0.450. The van der Waals surface area contributed by atoms with Gasteiger partial charge in [-0.1, -0.05) is 24.3 Å². The van der Waals surface area contributed by atoms with Crippen molar-refractivity contribution in [3.8, 4) is 0 Å². The highest BCUT2D eigenvalue weighted by molar-refractivity contribution is 5.78. The predicted octanol–water partition coefficient (Wildman–Crippen LogP) is 2.99. The molecule has 15 heavy (non-hydrogen) atoms. The van der Waals surface area contributed by atoms with E-state index in [-0.39, 0.29) is 18.0 Å². The van der Waals surface area contributed by atoms with Gasteiger partial charge in [0.15, 0.2) is 0 Å². The van der Waals surface area contributed by atoms with Crippen molar-refractivity contribution in [3.63, 3.8) is 0 Å². The van der Waals surface area contributed by atoms with Crippen LogP contribution in [0.5, 0.6) is 0 Å². The van der Waals surface area contributed by atoms with Gasteiger partial charge in [-0.05, 0) is 38.5 Å². The Kier molecular flexibility index (Phi) is 3.59. The normalized spacial score (nSPS) is 36.1. The summed E-state index contributed by atoms with van der Waals surface area (Å²) in [7, 11) is 0. The van der Waals surface area contributed by atoms with Crippen molar-refractivity contribution in [2.75, 3.05) is 0 Å². The van der Waals surface area contributed by atoms with Crippen LogP contribution >= 0.6 is 0 Å². The lowest BCUT2D eigenvalue weighted by Crippen LogP contribution is -2.44. The van der Waals surface area contributed by atoms with Gasteiger partial charge in [0, 0.05) is 0 Å². The first kappa shape index (κ1) is 10.5. The van der Waals surface area contributed by atoms with E-state index in [9.17, 15) is 4.79 Å². The fourth-order valence-corrected chi connectivity index (χ4v) is 2.16. The lowest BCUT2D eigenvalue weighted by Gasteiger charge is -2.35.